The monoisotopic (exact) mass is 286 g/mol. The predicted molar refractivity (Wildman–Crippen MR) is 89.1 cm³/mol. The van der Waals surface area contributed by atoms with Crippen LogP contribution >= 0.6 is 0 Å². The van der Waals surface area contributed by atoms with Gasteiger partial charge in [-0.3, -0.25) is 0 Å². The Bertz CT molecular complexity index is 467. The third-order valence-electron chi connectivity index (χ3n) is 6.08. The molecular formula is C19H30N2. The summed E-state index contributed by atoms with van der Waals surface area (Å²) < 4.78 is 0. The van der Waals surface area contributed by atoms with Crippen LogP contribution in [0.5, 0.6) is 0 Å². The van der Waals surface area contributed by atoms with Crippen molar-refractivity contribution in [2.75, 3.05) is 13.6 Å². The summed E-state index contributed by atoms with van der Waals surface area (Å²) in [6, 6.07) is 9.19. The van der Waals surface area contributed by atoms with Gasteiger partial charge in [0.2, 0.25) is 0 Å². The van der Waals surface area contributed by atoms with Gasteiger partial charge >= 0.3 is 0 Å². The van der Waals surface area contributed by atoms with Crippen LogP contribution in [-0.4, -0.2) is 24.5 Å². The summed E-state index contributed by atoms with van der Waals surface area (Å²) in [5.41, 5.74) is 9.06. The molecule has 1 aromatic carbocycles. The Morgan fingerprint density at radius 1 is 1.19 bits per heavy atom. The number of nitrogens with zero attached hydrogens (tertiary/aromatic N) is 1. The summed E-state index contributed by atoms with van der Waals surface area (Å²) in [6.45, 7) is 5.62. The average molecular weight is 286 g/mol. The normalized spacial score (nSPS) is 30.8. The Balaban J connectivity index is 1.58. The summed E-state index contributed by atoms with van der Waals surface area (Å²) in [5, 5.41) is 0. The molecule has 2 heteroatoms. The maximum atomic E-state index is 6.50. The fourth-order valence-corrected chi connectivity index (χ4v) is 4.48. The third kappa shape index (κ3) is 3.17. The van der Waals surface area contributed by atoms with E-state index in [0.29, 0.717) is 6.04 Å². The Hall–Kier alpha value is -0.860. The predicted octanol–water partition coefficient (Wildman–Crippen LogP) is 3.75. The number of hydrogen-bond acceptors (Lipinski definition) is 2. The molecule has 0 heterocycles. The van der Waals surface area contributed by atoms with Crippen LogP contribution in [0.4, 0.5) is 0 Å². The lowest BCUT2D eigenvalue weighted by molar-refractivity contribution is 0.164. The molecule has 5 unspecified atom stereocenters. The number of aryl methyl sites for hydroxylation is 1. The van der Waals surface area contributed by atoms with Crippen LogP contribution < -0.4 is 5.73 Å². The number of hydrogen-bond donors (Lipinski definition) is 1. The second-order valence-electron chi connectivity index (χ2n) is 7.55. The van der Waals surface area contributed by atoms with Gasteiger partial charge in [-0.2, -0.15) is 0 Å². The average Bonchev–Trinajstić information content (AvgIpc) is 3.09. The van der Waals surface area contributed by atoms with Crippen LogP contribution in [0.25, 0.3) is 0 Å². The fourth-order valence-electron chi connectivity index (χ4n) is 4.48. The van der Waals surface area contributed by atoms with E-state index in [1.165, 1.54) is 43.4 Å². The van der Waals surface area contributed by atoms with Crippen molar-refractivity contribution in [3.8, 4) is 0 Å². The van der Waals surface area contributed by atoms with Gasteiger partial charge < -0.3 is 10.6 Å². The highest BCUT2D eigenvalue weighted by atomic mass is 15.1. The zero-order valence-electron chi connectivity index (χ0n) is 13.8. The number of benzene rings is 1. The maximum Gasteiger partial charge on any atom is 0.0450 e. The fraction of sp³-hybridized carbons (Fsp3) is 0.684. The third-order valence-corrected chi connectivity index (χ3v) is 6.08. The van der Waals surface area contributed by atoms with E-state index in [4.69, 9.17) is 5.73 Å². The summed E-state index contributed by atoms with van der Waals surface area (Å²) in [4.78, 5) is 2.50. The molecule has 0 spiro atoms. The van der Waals surface area contributed by atoms with Gasteiger partial charge in [0.05, 0.1) is 0 Å². The minimum absolute atomic E-state index is 0.106. The van der Waals surface area contributed by atoms with Crippen LogP contribution in [0.2, 0.25) is 0 Å². The lowest BCUT2D eigenvalue weighted by Crippen LogP contribution is -2.41. The van der Waals surface area contributed by atoms with Crippen LogP contribution in [0.15, 0.2) is 24.3 Å². The molecule has 0 aromatic heterocycles. The molecule has 2 aliphatic carbocycles. The smallest absolute Gasteiger partial charge is 0.0450 e. The molecular weight excluding hydrogens is 256 g/mol. The Morgan fingerprint density at radius 2 is 1.90 bits per heavy atom. The first-order chi connectivity index (χ1) is 10.0. The first-order valence-corrected chi connectivity index (χ1v) is 8.57. The molecule has 2 saturated carbocycles. The molecule has 5 atom stereocenters. The first kappa shape index (κ1) is 15.1. The number of fused-ring (bicyclic) bond motifs is 2. The SMILES string of the molecule is Cc1ccc(C(N)C(C)N(C)CC2CC3CCC2C3)cc1. The van der Waals surface area contributed by atoms with Crippen molar-refractivity contribution in [1.29, 1.82) is 0 Å². The number of rotatable bonds is 5. The molecule has 2 fully saturated rings. The Kier molecular flexibility index (Phi) is 4.37. The van der Waals surface area contributed by atoms with Crippen LogP contribution in [0, 0.1) is 24.7 Å². The van der Waals surface area contributed by atoms with Crippen LogP contribution in [0.1, 0.15) is 49.8 Å². The Morgan fingerprint density at radius 3 is 2.48 bits per heavy atom. The zero-order chi connectivity index (χ0) is 15.0. The van der Waals surface area contributed by atoms with Gasteiger partial charge in [-0.15, -0.1) is 0 Å². The van der Waals surface area contributed by atoms with Gasteiger partial charge in [-0.25, -0.2) is 0 Å². The van der Waals surface area contributed by atoms with E-state index in [2.05, 4.69) is 50.1 Å². The van der Waals surface area contributed by atoms with Crippen LogP contribution in [-0.2, 0) is 0 Å². The van der Waals surface area contributed by atoms with Crippen molar-refractivity contribution in [3.63, 3.8) is 0 Å². The van der Waals surface area contributed by atoms with E-state index in [-0.39, 0.29) is 6.04 Å². The van der Waals surface area contributed by atoms with Crippen LogP contribution in [0.3, 0.4) is 0 Å². The van der Waals surface area contributed by atoms with E-state index < -0.39 is 0 Å². The minimum Gasteiger partial charge on any atom is -0.323 e. The molecule has 2 bridgehead atoms. The largest absolute Gasteiger partial charge is 0.323 e. The molecule has 0 radical (unpaired) electrons. The molecule has 2 nitrogen and oxygen atoms in total. The summed E-state index contributed by atoms with van der Waals surface area (Å²) in [6.07, 6.45) is 5.92. The molecule has 116 valence electrons. The quantitative estimate of drug-likeness (QED) is 0.893. The molecule has 0 amide bonds. The van der Waals surface area contributed by atoms with E-state index in [1.54, 1.807) is 0 Å². The second-order valence-corrected chi connectivity index (χ2v) is 7.55. The maximum absolute atomic E-state index is 6.50. The van der Waals surface area contributed by atoms with Gasteiger partial charge in [-0.05, 0) is 63.5 Å². The van der Waals surface area contributed by atoms with Gasteiger partial charge in [0.1, 0.15) is 0 Å². The van der Waals surface area contributed by atoms with Gasteiger partial charge in [0.15, 0.2) is 0 Å². The van der Waals surface area contributed by atoms with E-state index >= 15 is 0 Å². The lowest BCUT2D eigenvalue weighted by Gasteiger charge is -2.34. The van der Waals surface area contributed by atoms with Crippen molar-refractivity contribution in [1.82, 2.24) is 4.90 Å². The minimum atomic E-state index is 0.106. The van der Waals surface area contributed by atoms with Crippen molar-refractivity contribution >= 4 is 0 Å². The second kappa shape index (κ2) is 6.10. The number of nitrogens with two attached hydrogens (primary N) is 1. The molecule has 2 aliphatic rings. The standard InChI is InChI=1S/C19H30N2/c1-13-4-7-16(8-5-13)19(20)14(2)21(3)12-18-11-15-6-9-17(18)10-15/h4-5,7-8,14-15,17-19H,6,9-12,20H2,1-3H3. The van der Waals surface area contributed by atoms with Crippen molar-refractivity contribution < 1.29 is 0 Å². The van der Waals surface area contributed by atoms with Crippen molar-refractivity contribution in [2.24, 2.45) is 23.5 Å². The lowest BCUT2D eigenvalue weighted by atomic mass is 9.88. The topological polar surface area (TPSA) is 29.3 Å². The highest BCUT2D eigenvalue weighted by molar-refractivity contribution is 5.24. The Labute approximate surface area is 129 Å². The first-order valence-electron chi connectivity index (χ1n) is 8.57. The van der Waals surface area contributed by atoms with Gasteiger partial charge in [0, 0.05) is 18.6 Å². The molecule has 21 heavy (non-hydrogen) atoms. The van der Waals surface area contributed by atoms with E-state index in [0.717, 1.165) is 17.8 Å². The van der Waals surface area contributed by atoms with Gasteiger partial charge in [-0.1, -0.05) is 36.2 Å². The van der Waals surface area contributed by atoms with Gasteiger partial charge in [0.25, 0.3) is 0 Å². The van der Waals surface area contributed by atoms with E-state index in [1.807, 2.05) is 0 Å². The highest BCUT2D eigenvalue weighted by Crippen LogP contribution is 2.48. The molecule has 3 rings (SSSR count). The summed E-state index contributed by atoms with van der Waals surface area (Å²) in [5.74, 6) is 2.95. The molecule has 2 N–H and O–H groups in total. The van der Waals surface area contributed by atoms with Crippen molar-refractivity contribution in [3.05, 3.63) is 35.4 Å². The molecule has 0 saturated heterocycles. The zero-order valence-corrected chi connectivity index (χ0v) is 13.8. The van der Waals surface area contributed by atoms with Crippen molar-refractivity contribution in [2.45, 2.75) is 51.6 Å². The summed E-state index contributed by atoms with van der Waals surface area (Å²) in [7, 11) is 2.25. The highest BCUT2D eigenvalue weighted by Gasteiger charge is 2.40. The molecule has 1 aromatic rings. The summed E-state index contributed by atoms with van der Waals surface area (Å²) >= 11 is 0. The number of likely N-dealkylation sites (N-methyl/N-ethyl adjacent to an activating group) is 1. The van der Waals surface area contributed by atoms with E-state index in [9.17, 15) is 0 Å². The molecule has 0 aliphatic heterocycles.